The standard InChI is InChI=1S/C25H27N3O6/c1-4-28(24(29)9-7-16-6-8-19-22(12-16)34-11-5-10-33-19)15-23-26-18-14-21(32-3)20(31-2)13-17(18)25(30)27-23/h6-9,12-14H,4-5,10-11,15H2,1-3H3,(H,26,27,30). The van der Waals surface area contributed by atoms with Crippen molar-refractivity contribution in [2.45, 2.75) is 19.9 Å². The number of fused-ring (bicyclic) bond motifs is 2. The molecule has 0 spiro atoms. The summed E-state index contributed by atoms with van der Waals surface area (Å²) in [6.45, 7) is 3.68. The van der Waals surface area contributed by atoms with Crippen molar-refractivity contribution in [3.05, 3.63) is 58.1 Å². The largest absolute Gasteiger partial charge is 0.493 e. The monoisotopic (exact) mass is 465 g/mol. The van der Waals surface area contributed by atoms with E-state index in [9.17, 15) is 9.59 Å². The van der Waals surface area contributed by atoms with Crippen LogP contribution in [0.5, 0.6) is 23.0 Å². The van der Waals surface area contributed by atoms with Crippen molar-refractivity contribution in [3.8, 4) is 23.0 Å². The first-order valence-corrected chi connectivity index (χ1v) is 11.0. The molecule has 9 heteroatoms. The van der Waals surface area contributed by atoms with Gasteiger partial charge in [0.05, 0.1) is 44.9 Å². The van der Waals surface area contributed by atoms with Gasteiger partial charge in [0, 0.05) is 25.1 Å². The van der Waals surface area contributed by atoms with E-state index in [4.69, 9.17) is 18.9 Å². The fraction of sp³-hybridized carbons (Fsp3) is 0.320. The molecule has 0 atom stereocenters. The second-order valence-corrected chi connectivity index (χ2v) is 7.68. The number of aromatic nitrogens is 2. The fourth-order valence-electron chi connectivity index (χ4n) is 3.67. The summed E-state index contributed by atoms with van der Waals surface area (Å²) < 4.78 is 21.9. The lowest BCUT2D eigenvalue weighted by Crippen LogP contribution is -2.30. The molecule has 0 bridgehead atoms. The average molecular weight is 466 g/mol. The quantitative estimate of drug-likeness (QED) is 0.535. The molecule has 0 saturated carbocycles. The number of hydrogen-bond acceptors (Lipinski definition) is 7. The van der Waals surface area contributed by atoms with Gasteiger partial charge in [0.2, 0.25) is 5.91 Å². The Morgan fingerprint density at radius 2 is 1.85 bits per heavy atom. The molecule has 1 amide bonds. The van der Waals surface area contributed by atoms with Gasteiger partial charge in [0.1, 0.15) is 5.82 Å². The lowest BCUT2D eigenvalue weighted by molar-refractivity contribution is -0.126. The maximum Gasteiger partial charge on any atom is 0.258 e. The van der Waals surface area contributed by atoms with Gasteiger partial charge in [-0.2, -0.15) is 0 Å². The second-order valence-electron chi connectivity index (χ2n) is 7.68. The van der Waals surface area contributed by atoms with Crippen molar-refractivity contribution in [2.75, 3.05) is 34.0 Å². The number of methoxy groups -OCH3 is 2. The zero-order valence-corrected chi connectivity index (χ0v) is 19.4. The van der Waals surface area contributed by atoms with E-state index in [2.05, 4.69) is 9.97 Å². The highest BCUT2D eigenvalue weighted by Gasteiger charge is 2.15. The number of likely N-dealkylation sites (N-methyl/N-ethyl adjacent to an activating group) is 1. The first kappa shape index (κ1) is 23.2. The summed E-state index contributed by atoms with van der Waals surface area (Å²) in [5.41, 5.74) is 0.974. The van der Waals surface area contributed by atoms with Crippen LogP contribution in [0.15, 0.2) is 41.2 Å². The number of nitrogens with one attached hydrogen (secondary N) is 1. The Hall–Kier alpha value is -4.01. The third kappa shape index (κ3) is 4.98. The van der Waals surface area contributed by atoms with Crippen LogP contribution in [0.4, 0.5) is 0 Å². The third-order valence-corrected chi connectivity index (χ3v) is 5.48. The molecule has 2 aromatic carbocycles. The van der Waals surface area contributed by atoms with Gasteiger partial charge in [0.25, 0.3) is 5.56 Å². The van der Waals surface area contributed by atoms with Crippen LogP contribution in [0, 0.1) is 0 Å². The Kier molecular flexibility index (Phi) is 7.01. The summed E-state index contributed by atoms with van der Waals surface area (Å²) in [7, 11) is 3.02. The van der Waals surface area contributed by atoms with Gasteiger partial charge in [-0.15, -0.1) is 0 Å². The summed E-state index contributed by atoms with van der Waals surface area (Å²) in [6, 6.07) is 8.80. The molecule has 34 heavy (non-hydrogen) atoms. The Balaban J connectivity index is 1.53. The van der Waals surface area contributed by atoms with Crippen LogP contribution < -0.4 is 24.5 Å². The zero-order chi connectivity index (χ0) is 24.1. The van der Waals surface area contributed by atoms with E-state index >= 15 is 0 Å². The van der Waals surface area contributed by atoms with Gasteiger partial charge in [0.15, 0.2) is 23.0 Å². The Morgan fingerprint density at radius 3 is 2.59 bits per heavy atom. The van der Waals surface area contributed by atoms with E-state index in [1.807, 2.05) is 25.1 Å². The van der Waals surface area contributed by atoms with Crippen LogP contribution >= 0.6 is 0 Å². The highest BCUT2D eigenvalue weighted by atomic mass is 16.5. The van der Waals surface area contributed by atoms with E-state index in [-0.39, 0.29) is 18.0 Å². The van der Waals surface area contributed by atoms with Crippen LogP contribution in [0.3, 0.4) is 0 Å². The number of carbonyl (C=O) groups is 1. The molecule has 4 rings (SSSR count). The van der Waals surface area contributed by atoms with Crippen LogP contribution in [0.2, 0.25) is 0 Å². The average Bonchev–Trinajstić information content (AvgIpc) is 3.10. The SMILES string of the molecule is CCN(Cc1nc2cc(OC)c(OC)cc2c(=O)[nH]1)C(=O)C=Cc1ccc2c(c1)OCCCO2. The molecule has 0 aliphatic carbocycles. The van der Waals surface area contributed by atoms with Crippen molar-refractivity contribution in [1.29, 1.82) is 0 Å². The van der Waals surface area contributed by atoms with Gasteiger partial charge in [-0.25, -0.2) is 4.98 Å². The van der Waals surface area contributed by atoms with Crippen LogP contribution in [-0.4, -0.2) is 54.8 Å². The van der Waals surface area contributed by atoms with Gasteiger partial charge in [-0.1, -0.05) is 6.07 Å². The van der Waals surface area contributed by atoms with Gasteiger partial charge < -0.3 is 28.8 Å². The summed E-state index contributed by atoms with van der Waals surface area (Å²) in [4.78, 5) is 34.4. The Labute approximate surface area is 196 Å². The number of aromatic amines is 1. The number of hydrogen-bond donors (Lipinski definition) is 1. The molecule has 1 aromatic heterocycles. The number of amides is 1. The van der Waals surface area contributed by atoms with Gasteiger partial charge >= 0.3 is 0 Å². The van der Waals surface area contributed by atoms with Crippen molar-refractivity contribution >= 4 is 22.9 Å². The minimum absolute atomic E-state index is 0.153. The minimum Gasteiger partial charge on any atom is -0.493 e. The predicted molar refractivity (Wildman–Crippen MR) is 128 cm³/mol. The number of benzene rings is 2. The van der Waals surface area contributed by atoms with E-state index in [0.717, 1.165) is 12.0 Å². The van der Waals surface area contributed by atoms with Gasteiger partial charge in [-0.3, -0.25) is 9.59 Å². The molecule has 0 radical (unpaired) electrons. The van der Waals surface area contributed by atoms with Crippen LogP contribution in [0.25, 0.3) is 17.0 Å². The topological polar surface area (TPSA) is 103 Å². The summed E-state index contributed by atoms with van der Waals surface area (Å²) in [5.74, 6) is 2.47. The molecular formula is C25H27N3O6. The smallest absolute Gasteiger partial charge is 0.258 e. The van der Waals surface area contributed by atoms with Gasteiger partial charge in [-0.05, 0) is 36.8 Å². The molecule has 3 aromatic rings. The summed E-state index contributed by atoms with van der Waals surface area (Å²) >= 11 is 0. The van der Waals surface area contributed by atoms with Crippen LogP contribution in [0.1, 0.15) is 24.7 Å². The number of H-pyrrole nitrogens is 1. The number of ether oxygens (including phenoxy) is 4. The van der Waals surface area contributed by atoms with E-state index in [0.29, 0.717) is 59.5 Å². The number of carbonyl (C=O) groups excluding carboxylic acids is 1. The first-order chi connectivity index (χ1) is 16.5. The molecular weight excluding hydrogens is 438 g/mol. The molecule has 1 aliphatic heterocycles. The molecule has 2 heterocycles. The highest BCUT2D eigenvalue weighted by molar-refractivity contribution is 5.92. The molecule has 0 unspecified atom stereocenters. The molecule has 1 aliphatic rings. The molecule has 0 saturated heterocycles. The molecule has 178 valence electrons. The number of rotatable bonds is 7. The van der Waals surface area contributed by atoms with E-state index < -0.39 is 0 Å². The highest BCUT2D eigenvalue weighted by Crippen LogP contribution is 2.31. The van der Waals surface area contributed by atoms with E-state index in [1.54, 1.807) is 23.1 Å². The summed E-state index contributed by atoms with van der Waals surface area (Å²) in [5, 5.41) is 0.380. The maximum atomic E-state index is 12.9. The fourth-order valence-corrected chi connectivity index (χ4v) is 3.67. The Bertz CT molecular complexity index is 1280. The van der Waals surface area contributed by atoms with Crippen molar-refractivity contribution in [2.24, 2.45) is 0 Å². The third-order valence-electron chi connectivity index (χ3n) is 5.48. The minimum atomic E-state index is -0.313. The number of nitrogens with zero attached hydrogens (tertiary/aromatic N) is 2. The molecule has 1 N–H and O–H groups in total. The second kappa shape index (κ2) is 10.3. The van der Waals surface area contributed by atoms with E-state index in [1.165, 1.54) is 20.3 Å². The maximum absolute atomic E-state index is 12.9. The van der Waals surface area contributed by atoms with Crippen molar-refractivity contribution in [3.63, 3.8) is 0 Å². The normalized spacial score (nSPS) is 13.0. The predicted octanol–water partition coefficient (Wildman–Crippen LogP) is 3.16. The lowest BCUT2D eigenvalue weighted by Gasteiger charge is -2.19. The van der Waals surface area contributed by atoms with Crippen molar-refractivity contribution in [1.82, 2.24) is 14.9 Å². The van der Waals surface area contributed by atoms with Crippen molar-refractivity contribution < 1.29 is 23.7 Å². The van der Waals surface area contributed by atoms with Crippen LogP contribution in [-0.2, 0) is 11.3 Å². The lowest BCUT2D eigenvalue weighted by atomic mass is 10.2. The molecule has 9 nitrogen and oxygen atoms in total. The summed E-state index contributed by atoms with van der Waals surface area (Å²) in [6.07, 6.45) is 4.05. The zero-order valence-electron chi connectivity index (χ0n) is 19.4. The Morgan fingerprint density at radius 1 is 1.12 bits per heavy atom. The first-order valence-electron chi connectivity index (χ1n) is 11.0. The molecule has 0 fully saturated rings.